The molecular formula is C13H10N4O2S. The van der Waals surface area contributed by atoms with E-state index in [1.165, 1.54) is 23.9 Å². The van der Waals surface area contributed by atoms with Gasteiger partial charge in [-0.15, -0.1) is 0 Å². The number of anilines is 1. The van der Waals surface area contributed by atoms with E-state index in [0.29, 0.717) is 0 Å². The van der Waals surface area contributed by atoms with E-state index in [0.717, 1.165) is 15.9 Å². The van der Waals surface area contributed by atoms with E-state index in [1.54, 1.807) is 0 Å². The third-order valence-electron chi connectivity index (χ3n) is 2.77. The lowest BCUT2D eigenvalue weighted by Gasteiger charge is -2.01. The van der Waals surface area contributed by atoms with Crippen LogP contribution in [0.5, 0.6) is 0 Å². The van der Waals surface area contributed by atoms with Gasteiger partial charge in [0.1, 0.15) is 5.82 Å². The Balaban J connectivity index is 2.01. The van der Waals surface area contributed by atoms with Crippen molar-refractivity contribution in [3.63, 3.8) is 0 Å². The standard InChI is InChI=1S/C13H10N4O2S/c14-11-6-5-10(17(18)19)13(16-11)20-12-7-8-3-1-2-4-9(8)15-12/h1-7,15H,(H2,14,16). The minimum atomic E-state index is -0.461. The molecule has 0 aliphatic rings. The first-order valence-corrected chi connectivity index (χ1v) is 6.61. The predicted molar refractivity (Wildman–Crippen MR) is 77.7 cm³/mol. The minimum absolute atomic E-state index is 0.0529. The van der Waals surface area contributed by atoms with Crippen molar-refractivity contribution in [2.75, 3.05) is 5.73 Å². The molecule has 100 valence electrons. The van der Waals surface area contributed by atoms with E-state index < -0.39 is 4.92 Å². The van der Waals surface area contributed by atoms with Gasteiger partial charge in [-0.1, -0.05) is 18.2 Å². The fourth-order valence-corrected chi connectivity index (χ4v) is 2.82. The number of fused-ring (bicyclic) bond motifs is 1. The summed E-state index contributed by atoms with van der Waals surface area (Å²) in [5.41, 5.74) is 6.52. The Morgan fingerprint density at radius 3 is 2.80 bits per heavy atom. The van der Waals surface area contributed by atoms with Crippen molar-refractivity contribution in [2.45, 2.75) is 10.1 Å². The van der Waals surface area contributed by atoms with Gasteiger partial charge in [-0.05, 0) is 30.0 Å². The zero-order chi connectivity index (χ0) is 14.1. The van der Waals surface area contributed by atoms with E-state index in [4.69, 9.17) is 5.73 Å². The van der Waals surface area contributed by atoms with Crippen LogP contribution in [0.1, 0.15) is 0 Å². The molecular weight excluding hydrogens is 276 g/mol. The highest BCUT2D eigenvalue weighted by molar-refractivity contribution is 7.99. The molecule has 3 rings (SSSR count). The largest absolute Gasteiger partial charge is 0.384 e. The predicted octanol–water partition coefficient (Wildman–Crippen LogP) is 3.20. The Morgan fingerprint density at radius 1 is 1.25 bits per heavy atom. The van der Waals surface area contributed by atoms with Crippen molar-refractivity contribution in [3.8, 4) is 0 Å². The van der Waals surface area contributed by atoms with Gasteiger partial charge in [0.25, 0.3) is 0 Å². The number of hydrogen-bond donors (Lipinski definition) is 2. The maximum absolute atomic E-state index is 11.0. The molecule has 20 heavy (non-hydrogen) atoms. The van der Waals surface area contributed by atoms with Crippen LogP contribution in [0.15, 0.2) is 52.5 Å². The van der Waals surface area contributed by atoms with Crippen molar-refractivity contribution in [3.05, 3.63) is 52.6 Å². The number of nitrogens with two attached hydrogens (primary N) is 1. The fraction of sp³-hybridized carbons (Fsp3) is 0. The topological polar surface area (TPSA) is 97.8 Å². The summed E-state index contributed by atoms with van der Waals surface area (Å²) in [7, 11) is 0. The number of aromatic nitrogens is 2. The van der Waals surface area contributed by atoms with Crippen molar-refractivity contribution in [2.24, 2.45) is 0 Å². The summed E-state index contributed by atoms with van der Waals surface area (Å²) in [4.78, 5) is 17.8. The van der Waals surface area contributed by atoms with Crippen LogP contribution in [0.4, 0.5) is 11.5 Å². The number of nitrogen functional groups attached to an aromatic ring is 1. The fourth-order valence-electron chi connectivity index (χ4n) is 1.87. The highest BCUT2D eigenvalue weighted by atomic mass is 32.2. The second-order valence-electron chi connectivity index (χ2n) is 4.14. The smallest absolute Gasteiger partial charge is 0.301 e. The number of nitrogens with one attached hydrogen (secondary N) is 1. The molecule has 0 spiro atoms. The molecule has 0 atom stereocenters. The van der Waals surface area contributed by atoms with Gasteiger partial charge in [-0.25, -0.2) is 4.98 Å². The zero-order valence-corrected chi connectivity index (χ0v) is 11.1. The SMILES string of the molecule is Nc1ccc([N+](=O)[O-])c(Sc2cc3ccccc3[nH]2)n1. The Kier molecular flexibility index (Phi) is 3.03. The van der Waals surface area contributed by atoms with Gasteiger partial charge < -0.3 is 10.7 Å². The van der Waals surface area contributed by atoms with Crippen LogP contribution >= 0.6 is 11.8 Å². The second-order valence-corrected chi connectivity index (χ2v) is 5.17. The van der Waals surface area contributed by atoms with Gasteiger partial charge >= 0.3 is 5.69 Å². The van der Waals surface area contributed by atoms with Gasteiger partial charge in [-0.2, -0.15) is 0 Å². The number of para-hydroxylation sites is 1. The first kappa shape index (κ1) is 12.5. The maximum atomic E-state index is 11.0. The van der Waals surface area contributed by atoms with Crippen LogP contribution in [0, 0.1) is 10.1 Å². The molecule has 0 unspecified atom stereocenters. The lowest BCUT2D eigenvalue weighted by Crippen LogP contribution is -1.97. The van der Waals surface area contributed by atoms with Gasteiger partial charge in [0.05, 0.1) is 9.95 Å². The van der Waals surface area contributed by atoms with Gasteiger partial charge in [0, 0.05) is 17.0 Å². The number of benzene rings is 1. The molecule has 7 heteroatoms. The summed E-state index contributed by atoms with van der Waals surface area (Å²) in [6.45, 7) is 0. The van der Waals surface area contributed by atoms with Crippen LogP contribution in [-0.2, 0) is 0 Å². The normalized spacial score (nSPS) is 10.8. The van der Waals surface area contributed by atoms with E-state index in [9.17, 15) is 10.1 Å². The molecule has 0 saturated carbocycles. The number of nitro groups is 1. The molecule has 0 radical (unpaired) electrons. The number of hydrogen-bond acceptors (Lipinski definition) is 5. The quantitative estimate of drug-likeness (QED) is 0.569. The van der Waals surface area contributed by atoms with E-state index in [-0.39, 0.29) is 16.5 Å². The van der Waals surface area contributed by atoms with Gasteiger partial charge in [0.2, 0.25) is 0 Å². The average molecular weight is 286 g/mol. The summed E-state index contributed by atoms with van der Waals surface area (Å²) < 4.78 is 0. The van der Waals surface area contributed by atoms with Crippen LogP contribution in [0.3, 0.4) is 0 Å². The number of rotatable bonds is 3. The Labute approximate surface area is 118 Å². The molecule has 0 aliphatic carbocycles. The van der Waals surface area contributed by atoms with Crippen molar-refractivity contribution in [1.29, 1.82) is 0 Å². The van der Waals surface area contributed by atoms with Crippen molar-refractivity contribution < 1.29 is 4.92 Å². The summed E-state index contributed by atoms with van der Waals surface area (Å²) in [5, 5.41) is 13.1. The average Bonchev–Trinajstić information content (AvgIpc) is 2.80. The summed E-state index contributed by atoms with van der Waals surface area (Å²) in [6.07, 6.45) is 0. The monoisotopic (exact) mass is 286 g/mol. The number of nitrogens with zero attached hydrogens (tertiary/aromatic N) is 2. The molecule has 0 amide bonds. The Hall–Kier alpha value is -2.54. The summed E-state index contributed by atoms with van der Waals surface area (Å²) in [6, 6.07) is 12.5. The van der Waals surface area contributed by atoms with Crippen LogP contribution in [0.2, 0.25) is 0 Å². The van der Waals surface area contributed by atoms with Crippen molar-refractivity contribution >= 4 is 34.2 Å². The minimum Gasteiger partial charge on any atom is -0.384 e. The third kappa shape index (κ3) is 2.30. The Bertz CT molecular complexity index is 767. The lowest BCUT2D eigenvalue weighted by molar-refractivity contribution is -0.388. The lowest BCUT2D eigenvalue weighted by atomic mass is 10.3. The molecule has 0 fully saturated rings. The second kappa shape index (κ2) is 4.86. The first-order valence-electron chi connectivity index (χ1n) is 5.80. The zero-order valence-electron chi connectivity index (χ0n) is 10.2. The third-order valence-corrected chi connectivity index (χ3v) is 3.70. The molecule has 3 aromatic rings. The number of H-pyrrole nitrogens is 1. The molecule has 2 heterocycles. The van der Waals surface area contributed by atoms with Gasteiger partial charge in [0.15, 0.2) is 5.03 Å². The number of aromatic amines is 1. The molecule has 0 aliphatic heterocycles. The molecule has 0 saturated heterocycles. The number of pyridine rings is 1. The van der Waals surface area contributed by atoms with E-state index in [2.05, 4.69) is 9.97 Å². The van der Waals surface area contributed by atoms with Crippen LogP contribution < -0.4 is 5.73 Å². The van der Waals surface area contributed by atoms with Crippen LogP contribution in [0.25, 0.3) is 10.9 Å². The first-order chi connectivity index (χ1) is 9.63. The molecule has 0 bridgehead atoms. The summed E-state index contributed by atoms with van der Waals surface area (Å²) >= 11 is 1.19. The Morgan fingerprint density at radius 2 is 2.05 bits per heavy atom. The molecule has 6 nitrogen and oxygen atoms in total. The molecule has 1 aromatic carbocycles. The maximum Gasteiger partial charge on any atom is 0.301 e. The van der Waals surface area contributed by atoms with Crippen LogP contribution in [-0.4, -0.2) is 14.9 Å². The molecule has 2 aromatic heterocycles. The van der Waals surface area contributed by atoms with Gasteiger partial charge in [-0.3, -0.25) is 10.1 Å². The highest BCUT2D eigenvalue weighted by Crippen LogP contribution is 2.34. The molecule has 3 N–H and O–H groups in total. The van der Waals surface area contributed by atoms with E-state index in [1.807, 2.05) is 30.3 Å². The summed E-state index contributed by atoms with van der Waals surface area (Å²) in [5.74, 6) is 0.259. The van der Waals surface area contributed by atoms with Crippen molar-refractivity contribution in [1.82, 2.24) is 9.97 Å². The van der Waals surface area contributed by atoms with E-state index >= 15 is 0 Å². The highest BCUT2D eigenvalue weighted by Gasteiger charge is 2.17.